The number of ether oxygens (including phenoxy) is 1. The Labute approximate surface area is 129 Å². The molecule has 1 N–H and O–H groups in total. The molecule has 0 radical (unpaired) electrons. The Hall–Kier alpha value is -2.26. The van der Waals surface area contributed by atoms with Crippen molar-refractivity contribution in [1.29, 1.82) is 0 Å². The lowest BCUT2D eigenvalue weighted by Gasteiger charge is -2.07. The summed E-state index contributed by atoms with van der Waals surface area (Å²) < 4.78 is 5.64. The molecule has 0 saturated heterocycles. The van der Waals surface area contributed by atoms with Gasteiger partial charge in [-0.3, -0.25) is 4.79 Å². The minimum atomic E-state index is -0.111. The van der Waals surface area contributed by atoms with Crippen molar-refractivity contribution in [2.75, 3.05) is 6.54 Å². The molecule has 108 valence electrons. The van der Waals surface area contributed by atoms with Crippen LogP contribution < -0.4 is 10.1 Å². The maximum absolute atomic E-state index is 11.7. The van der Waals surface area contributed by atoms with Gasteiger partial charge in [-0.25, -0.2) is 0 Å². The molecule has 0 unspecified atom stereocenters. The SMILES string of the molecule is C=CCNC(=O)c1ccc(COc2ccc(Cl)cc2)cc1. The highest BCUT2D eigenvalue weighted by atomic mass is 35.5. The van der Waals surface area contributed by atoms with Crippen molar-refractivity contribution in [1.82, 2.24) is 5.32 Å². The third-order valence-electron chi connectivity index (χ3n) is 2.84. The summed E-state index contributed by atoms with van der Waals surface area (Å²) in [5.41, 5.74) is 1.61. The number of rotatable bonds is 6. The van der Waals surface area contributed by atoms with Crippen LogP contribution in [0.25, 0.3) is 0 Å². The van der Waals surface area contributed by atoms with Gasteiger partial charge in [-0.1, -0.05) is 29.8 Å². The van der Waals surface area contributed by atoms with Crippen molar-refractivity contribution >= 4 is 17.5 Å². The zero-order chi connectivity index (χ0) is 15.1. The fourth-order valence-corrected chi connectivity index (χ4v) is 1.84. The Morgan fingerprint density at radius 3 is 2.43 bits per heavy atom. The van der Waals surface area contributed by atoms with E-state index in [4.69, 9.17) is 16.3 Å². The van der Waals surface area contributed by atoms with E-state index in [-0.39, 0.29) is 5.91 Å². The molecule has 2 rings (SSSR count). The summed E-state index contributed by atoms with van der Waals surface area (Å²) in [4.78, 5) is 11.7. The Morgan fingerprint density at radius 2 is 1.81 bits per heavy atom. The Morgan fingerprint density at radius 1 is 1.14 bits per heavy atom. The number of hydrogen-bond donors (Lipinski definition) is 1. The van der Waals surface area contributed by atoms with Crippen LogP contribution in [0.4, 0.5) is 0 Å². The third kappa shape index (κ3) is 4.65. The molecule has 0 saturated carbocycles. The van der Waals surface area contributed by atoms with Crippen LogP contribution in [0.1, 0.15) is 15.9 Å². The lowest BCUT2D eigenvalue weighted by atomic mass is 10.1. The monoisotopic (exact) mass is 301 g/mol. The van der Waals surface area contributed by atoms with E-state index >= 15 is 0 Å². The van der Waals surface area contributed by atoms with E-state index in [9.17, 15) is 4.79 Å². The van der Waals surface area contributed by atoms with E-state index in [0.29, 0.717) is 23.7 Å². The zero-order valence-corrected chi connectivity index (χ0v) is 12.3. The first-order valence-corrected chi connectivity index (χ1v) is 6.93. The summed E-state index contributed by atoms with van der Waals surface area (Å²) >= 11 is 5.81. The van der Waals surface area contributed by atoms with Crippen LogP contribution >= 0.6 is 11.6 Å². The normalized spacial score (nSPS) is 9.95. The minimum absolute atomic E-state index is 0.111. The summed E-state index contributed by atoms with van der Waals surface area (Å²) in [5, 5.41) is 3.41. The molecule has 0 aromatic heterocycles. The van der Waals surface area contributed by atoms with E-state index in [1.54, 1.807) is 30.3 Å². The van der Waals surface area contributed by atoms with E-state index in [1.165, 1.54) is 0 Å². The number of hydrogen-bond acceptors (Lipinski definition) is 2. The highest BCUT2D eigenvalue weighted by Gasteiger charge is 2.04. The molecule has 0 atom stereocenters. The highest BCUT2D eigenvalue weighted by molar-refractivity contribution is 6.30. The van der Waals surface area contributed by atoms with Gasteiger partial charge in [-0.15, -0.1) is 6.58 Å². The van der Waals surface area contributed by atoms with E-state index in [2.05, 4.69) is 11.9 Å². The summed E-state index contributed by atoms with van der Waals surface area (Å²) in [6.45, 7) is 4.46. The smallest absolute Gasteiger partial charge is 0.251 e. The maximum atomic E-state index is 11.7. The van der Waals surface area contributed by atoms with E-state index in [0.717, 1.165) is 11.3 Å². The predicted octanol–water partition coefficient (Wildman–Crippen LogP) is 3.83. The Kier molecular flexibility index (Phi) is 5.41. The second kappa shape index (κ2) is 7.50. The minimum Gasteiger partial charge on any atom is -0.489 e. The topological polar surface area (TPSA) is 38.3 Å². The van der Waals surface area contributed by atoms with Gasteiger partial charge in [-0.2, -0.15) is 0 Å². The van der Waals surface area contributed by atoms with Crippen molar-refractivity contribution in [3.05, 3.63) is 77.3 Å². The lowest BCUT2D eigenvalue weighted by Crippen LogP contribution is -2.23. The Bertz CT molecular complexity index is 606. The molecule has 21 heavy (non-hydrogen) atoms. The van der Waals surface area contributed by atoms with Crippen molar-refractivity contribution in [2.45, 2.75) is 6.61 Å². The van der Waals surface area contributed by atoms with Crippen LogP contribution in [0.3, 0.4) is 0 Å². The average molecular weight is 302 g/mol. The number of benzene rings is 2. The molecule has 3 nitrogen and oxygen atoms in total. The second-order valence-corrected chi connectivity index (χ2v) is 4.87. The number of halogens is 1. The lowest BCUT2D eigenvalue weighted by molar-refractivity contribution is 0.0958. The molecule has 2 aromatic rings. The second-order valence-electron chi connectivity index (χ2n) is 4.44. The highest BCUT2D eigenvalue weighted by Crippen LogP contribution is 2.17. The van der Waals surface area contributed by atoms with Crippen molar-refractivity contribution in [2.24, 2.45) is 0 Å². The van der Waals surface area contributed by atoms with Gasteiger partial charge in [0, 0.05) is 17.1 Å². The quantitative estimate of drug-likeness (QED) is 0.823. The number of carbonyl (C=O) groups excluding carboxylic acids is 1. The van der Waals surface area contributed by atoms with Gasteiger partial charge in [0.2, 0.25) is 0 Å². The van der Waals surface area contributed by atoms with Crippen LogP contribution in [0.15, 0.2) is 61.2 Å². The van der Waals surface area contributed by atoms with Gasteiger partial charge in [-0.05, 0) is 42.0 Å². The fourth-order valence-electron chi connectivity index (χ4n) is 1.72. The van der Waals surface area contributed by atoms with E-state index in [1.807, 2.05) is 24.3 Å². The van der Waals surface area contributed by atoms with Crippen LogP contribution in [0.2, 0.25) is 5.02 Å². The van der Waals surface area contributed by atoms with E-state index < -0.39 is 0 Å². The number of amides is 1. The molecule has 0 bridgehead atoms. The van der Waals surface area contributed by atoms with Crippen LogP contribution in [0.5, 0.6) is 5.75 Å². The first-order chi connectivity index (χ1) is 10.2. The van der Waals surface area contributed by atoms with Gasteiger partial charge in [0.15, 0.2) is 0 Å². The maximum Gasteiger partial charge on any atom is 0.251 e. The summed E-state index contributed by atoms with van der Waals surface area (Å²) in [6.07, 6.45) is 1.65. The number of nitrogens with one attached hydrogen (secondary N) is 1. The molecule has 0 aliphatic carbocycles. The van der Waals surface area contributed by atoms with Crippen molar-refractivity contribution in [3.63, 3.8) is 0 Å². The van der Waals surface area contributed by atoms with Crippen molar-refractivity contribution < 1.29 is 9.53 Å². The summed E-state index contributed by atoms with van der Waals surface area (Å²) in [6, 6.07) is 14.5. The third-order valence-corrected chi connectivity index (χ3v) is 3.09. The van der Waals surface area contributed by atoms with Gasteiger partial charge in [0.25, 0.3) is 5.91 Å². The first-order valence-electron chi connectivity index (χ1n) is 6.55. The molecule has 0 aliphatic heterocycles. The summed E-state index contributed by atoms with van der Waals surface area (Å²) in [5.74, 6) is 0.646. The van der Waals surface area contributed by atoms with Crippen LogP contribution in [-0.4, -0.2) is 12.5 Å². The molecule has 0 spiro atoms. The van der Waals surface area contributed by atoms with Gasteiger partial charge in [0.1, 0.15) is 12.4 Å². The number of carbonyl (C=O) groups is 1. The fraction of sp³-hybridized carbons (Fsp3) is 0.118. The molecule has 0 fully saturated rings. The molecule has 2 aromatic carbocycles. The van der Waals surface area contributed by atoms with Crippen LogP contribution in [0, 0.1) is 0 Å². The Balaban J connectivity index is 1.91. The molecule has 0 aliphatic rings. The van der Waals surface area contributed by atoms with Gasteiger partial charge >= 0.3 is 0 Å². The molecule has 0 heterocycles. The van der Waals surface area contributed by atoms with Gasteiger partial charge in [0.05, 0.1) is 0 Å². The van der Waals surface area contributed by atoms with Gasteiger partial charge < -0.3 is 10.1 Å². The predicted molar refractivity (Wildman–Crippen MR) is 84.8 cm³/mol. The standard InChI is InChI=1S/C17H16ClNO2/c1-2-11-19-17(20)14-5-3-13(4-6-14)12-21-16-9-7-15(18)8-10-16/h2-10H,1,11-12H2,(H,19,20). The zero-order valence-electron chi connectivity index (χ0n) is 11.5. The first kappa shape index (κ1) is 15.1. The molecule has 4 heteroatoms. The molecular weight excluding hydrogens is 286 g/mol. The van der Waals surface area contributed by atoms with Crippen LogP contribution in [-0.2, 0) is 6.61 Å². The molecule has 1 amide bonds. The largest absolute Gasteiger partial charge is 0.489 e. The van der Waals surface area contributed by atoms with Crippen molar-refractivity contribution in [3.8, 4) is 5.75 Å². The molecular formula is C17H16ClNO2. The summed E-state index contributed by atoms with van der Waals surface area (Å²) in [7, 11) is 0. The average Bonchev–Trinajstić information content (AvgIpc) is 2.52.